The molecule has 2 saturated heterocycles. The van der Waals surface area contributed by atoms with Gasteiger partial charge in [0.05, 0.1) is 26.2 Å². The van der Waals surface area contributed by atoms with Gasteiger partial charge in [0.1, 0.15) is 22.9 Å². The number of ether oxygens (including phenoxy) is 3. The highest BCUT2D eigenvalue weighted by Crippen LogP contribution is 2.46. The van der Waals surface area contributed by atoms with Gasteiger partial charge in [-0.2, -0.15) is 0 Å². The third-order valence-electron chi connectivity index (χ3n) is 10.7. The number of allylic oxidation sites excluding steroid dienone is 1. The highest BCUT2D eigenvalue weighted by molar-refractivity contribution is 5.96. The Morgan fingerprint density at radius 2 is 1.86 bits per heavy atom. The SMILES string of the molecule is COc1ccc2c(CN3C[C@H]4CN5C(=O)[C@H](CC(=O)OC(C)(C)C)CCCCC/C=C\[C@@H]6C[C@@]6(C(=O)O)NC(=O)[C@@H]5[C@H]4C3)cc(OC)nc2c1. The summed E-state index contributed by atoms with van der Waals surface area (Å²) in [6.07, 6.45) is 7.99. The van der Waals surface area contributed by atoms with Crippen LogP contribution < -0.4 is 14.8 Å². The number of fused-ring (bicyclic) bond motifs is 5. The molecular formula is C38H50N4O8. The summed E-state index contributed by atoms with van der Waals surface area (Å²) >= 11 is 0. The quantitative estimate of drug-likeness (QED) is 0.318. The van der Waals surface area contributed by atoms with Gasteiger partial charge < -0.3 is 29.5 Å². The van der Waals surface area contributed by atoms with E-state index in [1.54, 1.807) is 39.9 Å². The highest BCUT2D eigenvalue weighted by Gasteiger charge is 2.62. The molecule has 2 amide bonds. The molecule has 6 atom stereocenters. The number of nitrogens with one attached hydrogen (secondary N) is 1. The van der Waals surface area contributed by atoms with Crippen LogP contribution in [0.2, 0.25) is 0 Å². The number of aromatic nitrogens is 1. The number of rotatable bonds is 7. The summed E-state index contributed by atoms with van der Waals surface area (Å²) in [7, 11) is 3.19. The molecule has 50 heavy (non-hydrogen) atoms. The first-order valence-corrected chi connectivity index (χ1v) is 17.8. The molecule has 3 aliphatic heterocycles. The van der Waals surface area contributed by atoms with Crippen LogP contribution in [0.25, 0.3) is 10.9 Å². The summed E-state index contributed by atoms with van der Waals surface area (Å²) in [5.74, 6) is -2.17. The second kappa shape index (κ2) is 14.2. The van der Waals surface area contributed by atoms with Crippen LogP contribution in [0.15, 0.2) is 36.4 Å². The molecule has 3 fully saturated rings. The average Bonchev–Trinajstić information content (AvgIpc) is 3.44. The Morgan fingerprint density at radius 1 is 1.06 bits per heavy atom. The van der Waals surface area contributed by atoms with Gasteiger partial charge in [-0.25, -0.2) is 9.78 Å². The smallest absolute Gasteiger partial charge is 0.330 e. The number of pyridine rings is 1. The van der Waals surface area contributed by atoms with Crippen molar-refractivity contribution in [3.05, 3.63) is 42.0 Å². The number of carbonyl (C=O) groups excluding carboxylic acids is 3. The van der Waals surface area contributed by atoms with Crippen molar-refractivity contribution in [1.29, 1.82) is 0 Å². The standard InChI is InChI=1S/C38H50N4O8/c1-37(2,3)50-32(43)16-23-11-9-7-6-8-10-12-26-18-38(26,36(46)47)40-34(44)33-29-22-41(20-25(29)21-42(33)35(23)45)19-24-15-31(49-5)39-30-17-27(48-4)13-14-28(24)30/h10,12-15,17,23,25-26,29,33H,6-9,11,16,18-22H2,1-5H3,(H,40,44)(H,46,47)/b12-10-/t23-,25-,26+,29-,33-,38+/m0/s1. The first kappa shape index (κ1) is 35.6. The molecule has 1 aromatic heterocycles. The maximum Gasteiger partial charge on any atom is 0.330 e. The highest BCUT2D eigenvalue weighted by atomic mass is 16.6. The number of carboxylic acid groups (broad SMARTS) is 1. The van der Waals surface area contributed by atoms with Crippen LogP contribution in [-0.2, 0) is 30.5 Å². The number of esters is 1. The van der Waals surface area contributed by atoms with Gasteiger partial charge in [-0.1, -0.05) is 25.0 Å². The van der Waals surface area contributed by atoms with E-state index in [1.807, 2.05) is 36.4 Å². The van der Waals surface area contributed by atoms with Crippen LogP contribution >= 0.6 is 0 Å². The summed E-state index contributed by atoms with van der Waals surface area (Å²) < 4.78 is 16.6. The monoisotopic (exact) mass is 690 g/mol. The number of carboxylic acids is 1. The Bertz CT molecular complexity index is 1660. The molecule has 6 rings (SSSR count). The van der Waals surface area contributed by atoms with Crippen LogP contribution in [0, 0.1) is 23.7 Å². The lowest BCUT2D eigenvalue weighted by Crippen LogP contribution is -2.56. The van der Waals surface area contributed by atoms with E-state index < -0.39 is 40.9 Å². The van der Waals surface area contributed by atoms with Crippen molar-refractivity contribution in [3.63, 3.8) is 0 Å². The number of carbonyl (C=O) groups is 4. The Morgan fingerprint density at radius 3 is 2.58 bits per heavy atom. The molecule has 0 spiro atoms. The third kappa shape index (κ3) is 7.45. The van der Waals surface area contributed by atoms with E-state index in [2.05, 4.69) is 15.2 Å². The molecule has 2 aromatic rings. The first-order chi connectivity index (χ1) is 23.8. The maximum atomic E-state index is 14.5. The summed E-state index contributed by atoms with van der Waals surface area (Å²) in [6, 6.07) is 6.82. The van der Waals surface area contributed by atoms with Gasteiger partial charge in [-0.15, -0.1) is 0 Å². The van der Waals surface area contributed by atoms with E-state index in [0.717, 1.165) is 42.1 Å². The normalized spacial score (nSPS) is 29.5. The largest absolute Gasteiger partial charge is 0.497 e. The third-order valence-corrected chi connectivity index (χ3v) is 10.7. The Balaban J connectivity index is 1.29. The Labute approximate surface area is 293 Å². The van der Waals surface area contributed by atoms with Gasteiger partial charge >= 0.3 is 11.9 Å². The van der Waals surface area contributed by atoms with Gasteiger partial charge in [-0.3, -0.25) is 19.3 Å². The number of hydrogen-bond acceptors (Lipinski definition) is 9. The van der Waals surface area contributed by atoms with E-state index in [-0.39, 0.29) is 30.1 Å². The second-order valence-corrected chi connectivity index (χ2v) is 15.4. The van der Waals surface area contributed by atoms with Crippen LogP contribution in [0.3, 0.4) is 0 Å². The van der Waals surface area contributed by atoms with E-state index in [4.69, 9.17) is 14.2 Å². The fourth-order valence-electron chi connectivity index (χ4n) is 8.16. The van der Waals surface area contributed by atoms with Crippen molar-refractivity contribution in [2.75, 3.05) is 33.9 Å². The molecule has 1 saturated carbocycles. The lowest BCUT2D eigenvalue weighted by molar-refractivity contribution is -0.159. The van der Waals surface area contributed by atoms with Gasteiger partial charge in [0, 0.05) is 61.5 Å². The van der Waals surface area contributed by atoms with Crippen LogP contribution in [0.5, 0.6) is 11.6 Å². The van der Waals surface area contributed by atoms with E-state index in [1.165, 1.54) is 0 Å². The number of methoxy groups -OCH3 is 2. The van der Waals surface area contributed by atoms with Crippen molar-refractivity contribution < 1.29 is 38.5 Å². The summed E-state index contributed by atoms with van der Waals surface area (Å²) in [4.78, 5) is 62.9. The minimum atomic E-state index is -1.39. The van der Waals surface area contributed by atoms with Gasteiger partial charge in [0.25, 0.3) is 0 Å². The Kier molecular flexibility index (Phi) is 10.1. The molecule has 1 aliphatic carbocycles. The molecule has 2 N–H and O–H groups in total. The zero-order valence-electron chi connectivity index (χ0n) is 29.8. The molecule has 4 aliphatic rings. The predicted molar refractivity (Wildman–Crippen MR) is 185 cm³/mol. The fraction of sp³-hybridized carbons (Fsp3) is 0.605. The minimum Gasteiger partial charge on any atom is -0.497 e. The van der Waals surface area contributed by atoms with Crippen LogP contribution in [-0.4, -0.2) is 94.7 Å². The van der Waals surface area contributed by atoms with Gasteiger partial charge in [0.2, 0.25) is 17.7 Å². The summed E-state index contributed by atoms with van der Waals surface area (Å²) in [6.45, 7) is 7.51. The maximum absolute atomic E-state index is 14.5. The predicted octanol–water partition coefficient (Wildman–Crippen LogP) is 4.34. The molecular weight excluding hydrogens is 640 g/mol. The zero-order valence-corrected chi connectivity index (χ0v) is 29.8. The van der Waals surface area contributed by atoms with E-state index in [9.17, 15) is 24.3 Å². The first-order valence-electron chi connectivity index (χ1n) is 17.8. The number of aliphatic carboxylic acids is 1. The Hall–Kier alpha value is -4.19. The second-order valence-electron chi connectivity index (χ2n) is 15.4. The van der Waals surface area contributed by atoms with Crippen molar-refractivity contribution in [3.8, 4) is 11.6 Å². The number of amides is 2. The van der Waals surface area contributed by atoms with Crippen molar-refractivity contribution in [1.82, 2.24) is 20.1 Å². The lowest BCUT2D eigenvalue weighted by Gasteiger charge is -2.32. The molecule has 0 bridgehead atoms. The molecule has 0 radical (unpaired) electrons. The lowest BCUT2D eigenvalue weighted by atomic mass is 9.92. The number of nitrogens with zero attached hydrogens (tertiary/aromatic N) is 3. The van der Waals surface area contributed by atoms with Gasteiger partial charge in [-0.05, 0) is 70.1 Å². The van der Waals surface area contributed by atoms with Crippen molar-refractivity contribution in [2.45, 2.75) is 89.4 Å². The number of hydrogen-bond donors (Lipinski definition) is 2. The van der Waals surface area contributed by atoms with E-state index in [0.29, 0.717) is 50.7 Å². The molecule has 270 valence electrons. The fourth-order valence-corrected chi connectivity index (χ4v) is 8.16. The zero-order chi connectivity index (χ0) is 35.8. The average molecular weight is 691 g/mol. The van der Waals surface area contributed by atoms with Crippen LogP contribution in [0.1, 0.15) is 71.3 Å². The summed E-state index contributed by atoms with van der Waals surface area (Å²) in [5.41, 5.74) is -0.309. The van der Waals surface area contributed by atoms with Crippen LogP contribution in [0.4, 0.5) is 0 Å². The summed E-state index contributed by atoms with van der Waals surface area (Å²) in [5, 5.41) is 14.2. The molecule has 4 heterocycles. The van der Waals surface area contributed by atoms with Crippen molar-refractivity contribution >= 4 is 34.7 Å². The topological polar surface area (TPSA) is 148 Å². The van der Waals surface area contributed by atoms with E-state index >= 15 is 0 Å². The van der Waals surface area contributed by atoms with Gasteiger partial charge in [0.15, 0.2) is 0 Å². The molecule has 12 nitrogen and oxygen atoms in total. The molecule has 12 heteroatoms. The number of likely N-dealkylation sites (tertiary alicyclic amines) is 1. The molecule has 0 unspecified atom stereocenters. The molecule has 1 aromatic carbocycles. The van der Waals surface area contributed by atoms with Crippen molar-refractivity contribution in [2.24, 2.45) is 23.7 Å². The number of benzene rings is 1. The minimum absolute atomic E-state index is 0.0125.